The first kappa shape index (κ1) is 12.2. The Kier molecular flexibility index (Phi) is 3.18. The van der Waals surface area contributed by atoms with Crippen LogP contribution in [0.5, 0.6) is 0 Å². The van der Waals surface area contributed by atoms with Crippen LogP contribution >= 0.6 is 15.9 Å². The van der Waals surface area contributed by atoms with Crippen LogP contribution in [0.2, 0.25) is 0 Å². The minimum Gasteiger partial charge on any atom is -0.294 e. The first-order chi connectivity index (χ1) is 6.75. The molecule has 0 heterocycles. The second kappa shape index (κ2) is 3.92. The highest BCUT2D eigenvalue weighted by Crippen LogP contribution is 2.35. The van der Waals surface area contributed by atoms with Gasteiger partial charge in [-0.25, -0.2) is 4.39 Å². The molecule has 0 N–H and O–H groups in total. The van der Waals surface area contributed by atoms with Crippen LogP contribution in [0.1, 0.15) is 22.8 Å². The summed E-state index contributed by atoms with van der Waals surface area (Å²) < 4.78 is 49.4. The second-order valence-electron chi connectivity index (χ2n) is 2.84. The molecule has 0 aromatic heterocycles. The first-order valence-electron chi connectivity index (χ1n) is 3.81. The number of halogens is 5. The Balaban J connectivity index is 3.41. The average molecular weight is 285 g/mol. The summed E-state index contributed by atoms with van der Waals surface area (Å²) in [6.07, 6.45) is -4.76. The highest BCUT2D eigenvalue weighted by Gasteiger charge is 2.35. The van der Waals surface area contributed by atoms with E-state index < -0.39 is 27.8 Å². The van der Waals surface area contributed by atoms with E-state index in [0.29, 0.717) is 6.07 Å². The zero-order valence-electron chi connectivity index (χ0n) is 7.45. The molecule has 0 aliphatic heterocycles. The Morgan fingerprint density at radius 1 is 1.33 bits per heavy atom. The smallest absolute Gasteiger partial charge is 0.294 e. The van der Waals surface area contributed by atoms with Crippen molar-refractivity contribution in [3.63, 3.8) is 0 Å². The molecule has 0 aliphatic rings. The molecule has 1 rings (SSSR count). The SMILES string of the molecule is CC(=O)c1ccc(C(F)(F)F)c(F)c1Br. The van der Waals surface area contributed by atoms with Crippen LogP contribution in [0.4, 0.5) is 17.6 Å². The molecule has 0 atom stereocenters. The van der Waals surface area contributed by atoms with Crippen LogP contribution in [-0.4, -0.2) is 5.78 Å². The Morgan fingerprint density at radius 3 is 2.27 bits per heavy atom. The van der Waals surface area contributed by atoms with E-state index in [1.165, 1.54) is 0 Å². The lowest BCUT2D eigenvalue weighted by Gasteiger charge is -2.10. The summed E-state index contributed by atoms with van der Waals surface area (Å²) in [6, 6.07) is 1.50. The molecular formula is C9H5BrF4O. The predicted octanol–water partition coefficient (Wildman–Crippen LogP) is 3.81. The van der Waals surface area contributed by atoms with Crippen molar-refractivity contribution in [3.8, 4) is 0 Å². The minimum atomic E-state index is -4.76. The van der Waals surface area contributed by atoms with Gasteiger partial charge in [-0.2, -0.15) is 13.2 Å². The van der Waals surface area contributed by atoms with Crippen molar-refractivity contribution in [1.82, 2.24) is 0 Å². The molecule has 82 valence electrons. The highest BCUT2D eigenvalue weighted by molar-refractivity contribution is 9.10. The van der Waals surface area contributed by atoms with E-state index in [2.05, 4.69) is 15.9 Å². The number of hydrogen-bond acceptors (Lipinski definition) is 1. The third kappa shape index (κ3) is 2.37. The van der Waals surface area contributed by atoms with Crippen LogP contribution < -0.4 is 0 Å². The van der Waals surface area contributed by atoms with Gasteiger partial charge in [0, 0.05) is 5.56 Å². The maximum atomic E-state index is 13.2. The Hall–Kier alpha value is -0.910. The quantitative estimate of drug-likeness (QED) is 0.566. The number of alkyl halides is 3. The number of carbonyl (C=O) groups excluding carboxylic acids is 1. The molecule has 0 radical (unpaired) electrons. The summed E-state index contributed by atoms with van der Waals surface area (Å²) in [5, 5.41) is 0. The third-order valence-corrected chi connectivity index (χ3v) is 2.54. The van der Waals surface area contributed by atoms with Gasteiger partial charge in [-0.15, -0.1) is 0 Å². The van der Waals surface area contributed by atoms with Gasteiger partial charge in [-0.05, 0) is 35.0 Å². The van der Waals surface area contributed by atoms with Gasteiger partial charge in [0.1, 0.15) is 5.82 Å². The van der Waals surface area contributed by atoms with E-state index in [0.717, 1.165) is 13.0 Å². The predicted molar refractivity (Wildman–Crippen MR) is 49.1 cm³/mol. The summed E-state index contributed by atoms with van der Waals surface area (Å²) in [5.41, 5.74) is -1.50. The third-order valence-electron chi connectivity index (χ3n) is 1.77. The van der Waals surface area contributed by atoms with Crippen LogP contribution in [0.3, 0.4) is 0 Å². The van der Waals surface area contributed by atoms with Crippen LogP contribution in [-0.2, 0) is 6.18 Å². The lowest BCUT2D eigenvalue weighted by molar-refractivity contribution is -0.140. The van der Waals surface area contributed by atoms with Gasteiger partial charge in [0.05, 0.1) is 10.0 Å². The zero-order chi connectivity index (χ0) is 11.8. The topological polar surface area (TPSA) is 17.1 Å². The summed E-state index contributed by atoms with van der Waals surface area (Å²) >= 11 is 2.63. The van der Waals surface area contributed by atoms with E-state index in [4.69, 9.17) is 0 Å². The van der Waals surface area contributed by atoms with E-state index in [1.807, 2.05) is 0 Å². The second-order valence-corrected chi connectivity index (χ2v) is 3.64. The van der Waals surface area contributed by atoms with Gasteiger partial charge < -0.3 is 0 Å². The molecule has 0 amide bonds. The molecule has 1 nitrogen and oxygen atoms in total. The fourth-order valence-corrected chi connectivity index (χ4v) is 1.67. The molecule has 0 unspecified atom stereocenters. The molecule has 0 spiro atoms. The van der Waals surface area contributed by atoms with Crippen molar-refractivity contribution < 1.29 is 22.4 Å². The number of ketones is 1. The largest absolute Gasteiger partial charge is 0.419 e. The molecule has 0 bridgehead atoms. The fraction of sp³-hybridized carbons (Fsp3) is 0.222. The molecule has 1 aromatic rings. The van der Waals surface area contributed by atoms with E-state index in [9.17, 15) is 22.4 Å². The van der Waals surface area contributed by atoms with Gasteiger partial charge in [-0.3, -0.25) is 4.79 Å². The van der Waals surface area contributed by atoms with Gasteiger partial charge in [0.2, 0.25) is 0 Å². The Bertz CT molecular complexity index is 411. The lowest BCUT2D eigenvalue weighted by Crippen LogP contribution is -2.10. The van der Waals surface area contributed by atoms with Crippen molar-refractivity contribution in [1.29, 1.82) is 0 Å². The number of hydrogen-bond donors (Lipinski definition) is 0. The normalized spacial score (nSPS) is 11.6. The summed E-state index contributed by atoms with van der Waals surface area (Å²) in [5.74, 6) is -1.97. The average Bonchev–Trinajstić information content (AvgIpc) is 2.06. The number of benzene rings is 1. The monoisotopic (exact) mass is 284 g/mol. The molecule has 0 saturated heterocycles. The Labute approximate surface area is 91.2 Å². The summed E-state index contributed by atoms with van der Waals surface area (Å²) in [6.45, 7) is 1.15. The molecule has 0 saturated carbocycles. The number of rotatable bonds is 1. The maximum absolute atomic E-state index is 13.2. The van der Waals surface area contributed by atoms with E-state index in [-0.39, 0.29) is 5.56 Å². The Morgan fingerprint density at radius 2 is 1.87 bits per heavy atom. The number of carbonyl (C=O) groups is 1. The van der Waals surface area contributed by atoms with Crippen LogP contribution in [0.15, 0.2) is 16.6 Å². The van der Waals surface area contributed by atoms with Crippen molar-refractivity contribution in [3.05, 3.63) is 33.5 Å². The molecule has 6 heteroatoms. The van der Waals surface area contributed by atoms with Crippen molar-refractivity contribution >= 4 is 21.7 Å². The highest BCUT2D eigenvalue weighted by atomic mass is 79.9. The zero-order valence-corrected chi connectivity index (χ0v) is 9.04. The number of Topliss-reactive ketones (excluding diaryl/α,β-unsaturated/α-hetero) is 1. The maximum Gasteiger partial charge on any atom is 0.419 e. The van der Waals surface area contributed by atoms with E-state index >= 15 is 0 Å². The van der Waals surface area contributed by atoms with Gasteiger partial charge >= 0.3 is 6.18 Å². The van der Waals surface area contributed by atoms with Gasteiger partial charge in [0.25, 0.3) is 0 Å². The molecule has 0 fully saturated rings. The van der Waals surface area contributed by atoms with Crippen LogP contribution in [0.25, 0.3) is 0 Å². The molecule has 15 heavy (non-hydrogen) atoms. The van der Waals surface area contributed by atoms with Crippen LogP contribution in [0, 0.1) is 5.82 Å². The van der Waals surface area contributed by atoms with Gasteiger partial charge in [0.15, 0.2) is 5.78 Å². The van der Waals surface area contributed by atoms with Crippen molar-refractivity contribution in [2.75, 3.05) is 0 Å². The first-order valence-corrected chi connectivity index (χ1v) is 4.60. The minimum absolute atomic E-state index is 0.111. The van der Waals surface area contributed by atoms with E-state index in [1.54, 1.807) is 0 Å². The molecular weight excluding hydrogens is 280 g/mol. The van der Waals surface area contributed by atoms with Crippen molar-refractivity contribution in [2.45, 2.75) is 13.1 Å². The molecule has 1 aromatic carbocycles. The summed E-state index contributed by atoms with van der Waals surface area (Å²) in [4.78, 5) is 10.9. The lowest BCUT2D eigenvalue weighted by atomic mass is 10.1. The standard InChI is InChI=1S/C9H5BrF4O/c1-4(15)5-2-3-6(9(12,13)14)8(11)7(5)10/h2-3H,1H3. The van der Waals surface area contributed by atoms with Crippen molar-refractivity contribution in [2.24, 2.45) is 0 Å². The van der Waals surface area contributed by atoms with Gasteiger partial charge in [-0.1, -0.05) is 0 Å². The molecule has 0 aliphatic carbocycles. The summed E-state index contributed by atoms with van der Waals surface area (Å²) in [7, 11) is 0. The fourth-order valence-electron chi connectivity index (χ4n) is 1.04.